The van der Waals surface area contributed by atoms with Gasteiger partial charge in [-0.15, -0.1) is 0 Å². The van der Waals surface area contributed by atoms with Crippen LogP contribution in [0.15, 0.2) is 54.6 Å². The lowest BCUT2D eigenvalue weighted by molar-refractivity contribution is 0.271. The van der Waals surface area contributed by atoms with Crippen molar-refractivity contribution < 1.29 is 8.42 Å². The maximum atomic E-state index is 12.9. The molecular formula is C18H21ClN2O2S. The van der Waals surface area contributed by atoms with Gasteiger partial charge in [-0.2, -0.15) is 4.31 Å². The van der Waals surface area contributed by atoms with Gasteiger partial charge in [0.2, 0.25) is 10.0 Å². The number of piperazine rings is 1. The van der Waals surface area contributed by atoms with E-state index in [1.807, 2.05) is 48.5 Å². The molecule has 3 rings (SSSR count). The lowest BCUT2D eigenvalue weighted by Crippen LogP contribution is -2.49. The van der Waals surface area contributed by atoms with E-state index in [1.54, 1.807) is 10.4 Å². The molecular weight excluding hydrogens is 344 g/mol. The Hall–Kier alpha value is -1.40. The minimum absolute atomic E-state index is 0.109. The third-order valence-corrected chi connectivity index (χ3v) is 6.52. The van der Waals surface area contributed by atoms with E-state index in [4.69, 9.17) is 11.6 Å². The van der Waals surface area contributed by atoms with Crippen molar-refractivity contribution in [2.75, 3.05) is 25.4 Å². The molecule has 0 aliphatic carbocycles. The first-order chi connectivity index (χ1) is 11.6. The molecule has 0 spiro atoms. The summed E-state index contributed by atoms with van der Waals surface area (Å²) in [6.07, 6.45) is 0.516. The van der Waals surface area contributed by atoms with Gasteiger partial charge in [0.15, 0.2) is 0 Å². The van der Waals surface area contributed by atoms with E-state index in [-0.39, 0.29) is 11.8 Å². The molecule has 1 unspecified atom stereocenters. The molecule has 0 aromatic heterocycles. The van der Waals surface area contributed by atoms with Crippen molar-refractivity contribution in [3.05, 3.63) is 70.7 Å². The van der Waals surface area contributed by atoms with Crippen LogP contribution in [0.3, 0.4) is 0 Å². The highest BCUT2D eigenvalue weighted by Crippen LogP contribution is 2.30. The van der Waals surface area contributed by atoms with Gasteiger partial charge in [-0.25, -0.2) is 8.42 Å². The number of benzene rings is 2. The van der Waals surface area contributed by atoms with E-state index < -0.39 is 10.0 Å². The summed E-state index contributed by atoms with van der Waals surface area (Å²) in [5, 5.41) is 3.88. The second kappa shape index (κ2) is 7.66. The molecule has 0 radical (unpaired) electrons. The average Bonchev–Trinajstić information content (AvgIpc) is 2.61. The highest BCUT2D eigenvalue weighted by molar-refractivity contribution is 7.89. The molecule has 1 saturated heterocycles. The zero-order valence-electron chi connectivity index (χ0n) is 13.4. The summed E-state index contributed by atoms with van der Waals surface area (Å²) < 4.78 is 27.4. The van der Waals surface area contributed by atoms with Gasteiger partial charge < -0.3 is 5.32 Å². The Balaban J connectivity index is 1.80. The molecule has 6 heteroatoms. The Bertz CT molecular complexity index is 781. The lowest BCUT2D eigenvalue weighted by atomic mass is 10.1. The first kappa shape index (κ1) is 17.4. The topological polar surface area (TPSA) is 49.4 Å². The molecule has 0 bridgehead atoms. The zero-order valence-corrected chi connectivity index (χ0v) is 14.9. The Morgan fingerprint density at radius 1 is 1.08 bits per heavy atom. The summed E-state index contributed by atoms with van der Waals surface area (Å²) in [4.78, 5) is 0. The quantitative estimate of drug-likeness (QED) is 0.887. The largest absolute Gasteiger partial charge is 0.313 e. The monoisotopic (exact) mass is 364 g/mol. The van der Waals surface area contributed by atoms with E-state index in [9.17, 15) is 8.42 Å². The number of halogens is 1. The lowest BCUT2D eigenvalue weighted by Gasteiger charge is -2.36. The van der Waals surface area contributed by atoms with Crippen LogP contribution in [0.4, 0.5) is 0 Å². The van der Waals surface area contributed by atoms with Gasteiger partial charge in [0, 0.05) is 24.7 Å². The van der Waals surface area contributed by atoms with Crippen molar-refractivity contribution in [1.29, 1.82) is 0 Å². The SMILES string of the molecule is O=S(=O)(CCc1ccccc1)N1CCNCC1c1ccccc1Cl. The number of hydrogen-bond acceptors (Lipinski definition) is 3. The fourth-order valence-corrected chi connectivity index (χ4v) is 4.97. The summed E-state index contributed by atoms with van der Waals surface area (Å²) in [6, 6.07) is 16.9. The van der Waals surface area contributed by atoms with E-state index in [1.165, 1.54) is 0 Å². The molecule has 2 aromatic carbocycles. The van der Waals surface area contributed by atoms with Crippen LogP contribution in [-0.2, 0) is 16.4 Å². The van der Waals surface area contributed by atoms with Crippen molar-refractivity contribution in [1.82, 2.24) is 9.62 Å². The summed E-state index contributed by atoms with van der Waals surface area (Å²) in [6.45, 7) is 1.70. The number of aryl methyl sites for hydroxylation is 1. The fourth-order valence-electron chi connectivity index (χ4n) is 3.04. The summed E-state index contributed by atoms with van der Waals surface area (Å²) >= 11 is 6.30. The zero-order chi connectivity index (χ0) is 17.0. The van der Waals surface area contributed by atoms with Gasteiger partial charge in [0.05, 0.1) is 11.8 Å². The van der Waals surface area contributed by atoms with Crippen LogP contribution in [0, 0.1) is 0 Å². The van der Waals surface area contributed by atoms with Gasteiger partial charge in [0.25, 0.3) is 0 Å². The van der Waals surface area contributed by atoms with Crippen molar-refractivity contribution in [3.8, 4) is 0 Å². The standard InChI is InChI=1S/C18H21ClN2O2S/c19-17-9-5-4-8-16(17)18-14-20-11-12-21(18)24(22,23)13-10-15-6-2-1-3-7-15/h1-9,18,20H,10-14H2. The van der Waals surface area contributed by atoms with E-state index in [2.05, 4.69) is 5.32 Å². The Labute approximate surface area is 148 Å². The van der Waals surface area contributed by atoms with E-state index in [0.717, 1.165) is 11.1 Å². The molecule has 1 fully saturated rings. The molecule has 1 heterocycles. The predicted octanol–water partition coefficient (Wildman–Crippen LogP) is 2.86. The van der Waals surface area contributed by atoms with Gasteiger partial charge in [-0.05, 0) is 23.6 Å². The van der Waals surface area contributed by atoms with Gasteiger partial charge in [-0.3, -0.25) is 0 Å². The minimum Gasteiger partial charge on any atom is -0.313 e. The van der Waals surface area contributed by atoms with Crippen LogP contribution in [0.5, 0.6) is 0 Å². The van der Waals surface area contributed by atoms with Crippen LogP contribution >= 0.6 is 11.6 Å². The Morgan fingerprint density at radius 2 is 1.79 bits per heavy atom. The number of hydrogen-bond donors (Lipinski definition) is 1. The third kappa shape index (κ3) is 3.98. The van der Waals surface area contributed by atoms with Crippen LogP contribution < -0.4 is 5.32 Å². The number of rotatable bonds is 5. The van der Waals surface area contributed by atoms with Crippen LogP contribution in [0.25, 0.3) is 0 Å². The third-order valence-electron chi connectivity index (χ3n) is 4.31. The van der Waals surface area contributed by atoms with Crippen LogP contribution in [-0.4, -0.2) is 38.1 Å². The van der Waals surface area contributed by atoms with Gasteiger partial charge in [0.1, 0.15) is 0 Å². The average molecular weight is 365 g/mol. The van der Waals surface area contributed by atoms with Gasteiger partial charge in [-0.1, -0.05) is 60.1 Å². The molecule has 1 aliphatic heterocycles. The first-order valence-corrected chi connectivity index (χ1v) is 10.1. The molecule has 2 aromatic rings. The number of sulfonamides is 1. The summed E-state index contributed by atoms with van der Waals surface area (Å²) in [7, 11) is -3.36. The van der Waals surface area contributed by atoms with E-state index in [0.29, 0.717) is 31.1 Å². The minimum atomic E-state index is -3.36. The summed E-state index contributed by atoms with van der Waals surface area (Å²) in [5.41, 5.74) is 1.89. The molecule has 128 valence electrons. The van der Waals surface area contributed by atoms with E-state index >= 15 is 0 Å². The first-order valence-electron chi connectivity index (χ1n) is 8.06. The second-order valence-corrected chi connectivity index (χ2v) is 8.35. The molecule has 1 N–H and O–H groups in total. The molecule has 0 amide bonds. The molecule has 24 heavy (non-hydrogen) atoms. The van der Waals surface area contributed by atoms with Gasteiger partial charge >= 0.3 is 0 Å². The Kier molecular flexibility index (Phi) is 5.56. The smallest absolute Gasteiger partial charge is 0.215 e. The molecule has 4 nitrogen and oxygen atoms in total. The number of nitrogens with zero attached hydrogens (tertiary/aromatic N) is 1. The normalized spacial score (nSPS) is 19.3. The van der Waals surface area contributed by atoms with Crippen molar-refractivity contribution in [2.45, 2.75) is 12.5 Å². The number of nitrogens with one attached hydrogen (secondary N) is 1. The highest BCUT2D eigenvalue weighted by atomic mass is 35.5. The van der Waals surface area contributed by atoms with Crippen molar-refractivity contribution >= 4 is 21.6 Å². The molecule has 0 saturated carbocycles. The summed E-state index contributed by atoms with van der Waals surface area (Å²) in [5.74, 6) is 0.109. The second-order valence-electron chi connectivity index (χ2n) is 5.90. The maximum absolute atomic E-state index is 12.9. The van der Waals surface area contributed by atoms with Crippen LogP contribution in [0.2, 0.25) is 5.02 Å². The van der Waals surface area contributed by atoms with Crippen molar-refractivity contribution in [2.24, 2.45) is 0 Å². The molecule has 1 atom stereocenters. The van der Waals surface area contributed by atoms with Crippen LogP contribution in [0.1, 0.15) is 17.2 Å². The fraction of sp³-hybridized carbons (Fsp3) is 0.333. The Morgan fingerprint density at radius 3 is 2.54 bits per heavy atom. The molecule has 1 aliphatic rings. The maximum Gasteiger partial charge on any atom is 0.215 e. The highest BCUT2D eigenvalue weighted by Gasteiger charge is 2.33. The van der Waals surface area contributed by atoms with Crippen molar-refractivity contribution in [3.63, 3.8) is 0 Å². The predicted molar refractivity (Wildman–Crippen MR) is 97.7 cm³/mol.